The molecule has 1 unspecified atom stereocenters. The minimum absolute atomic E-state index is 0.0776. The van der Waals surface area contributed by atoms with E-state index < -0.39 is 0 Å². The van der Waals surface area contributed by atoms with Gasteiger partial charge in [0.25, 0.3) is 5.91 Å². The Hall–Kier alpha value is -1.22. The highest BCUT2D eigenvalue weighted by Gasteiger charge is 2.15. The number of carbonyl (C=O) groups excluding carboxylic acids is 1. The van der Waals surface area contributed by atoms with Crippen LogP contribution in [0.25, 0.3) is 0 Å². The number of rotatable bonds is 5. The van der Waals surface area contributed by atoms with Gasteiger partial charge >= 0.3 is 0 Å². The largest absolute Gasteiger partial charge is 0.382 e. The van der Waals surface area contributed by atoms with E-state index in [1.807, 2.05) is 12.1 Å². The molecule has 0 aliphatic carbocycles. The van der Waals surface area contributed by atoms with Crippen molar-refractivity contribution in [3.05, 3.63) is 28.8 Å². The molecule has 106 valence electrons. The van der Waals surface area contributed by atoms with Crippen LogP contribution in [-0.2, 0) is 0 Å². The van der Waals surface area contributed by atoms with Gasteiger partial charge in [-0.2, -0.15) is 0 Å². The van der Waals surface area contributed by atoms with Crippen molar-refractivity contribution in [2.75, 3.05) is 19.4 Å². The number of anilines is 1. The van der Waals surface area contributed by atoms with Crippen molar-refractivity contribution in [3.8, 4) is 0 Å². The van der Waals surface area contributed by atoms with Crippen LogP contribution in [0.5, 0.6) is 0 Å². The van der Waals surface area contributed by atoms with Gasteiger partial charge in [0, 0.05) is 25.8 Å². The molecule has 0 radical (unpaired) electrons. The van der Waals surface area contributed by atoms with Crippen molar-refractivity contribution in [3.63, 3.8) is 0 Å². The number of hydrogen-bond acceptors (Lipinski definition) is 2. The van der Waals surface area contributed by atoms with Gasteiger partial charge in [-0.05, 0) is 30.5 Å². The van der Waals surface area contributed by atoms with Gasteiger partial charge in [-0.15, -0.1) is 0 Å². The fourth-order valence-electron chi connectivity index (χ4n) is 1.97. The lowest BCUT2D eigenvalue weighted by atomic mass is 10.0. The molecule has 1 aromatic carbocycles. The molecule has 0 fully saturated rings. The first kappa shape index (κ1) is 15.8. The molecule has 1 amide bonds. The van der Waals surface area contributed by atoms with Gasteiger partial charge in [-0.25, -0.2) is 0 Å². The van der Waals surface area contributed by atoms with Crippen LogP contribution in [-0.4, -0.2) is 30.9 Å². The number of amides is 1. The van der Waals surface area contributed by atoms with Crippen molar-refractivity contribution in [1.82, 2.24) is 4.90 Å². The Morgan fingerprint density at radius 2 is 2.00 bits per heavy atom. The number of nitrogens with one attached hydrogen (secondary N) is 1. The molecule has 1 N–H and O–H groups in total. The Balaban J connectivity index is 2.99. The monoisotopic (exact) mass is 282 g/mol. The fourth-order valence-corrected chi connectivity index (χ4v) is 2.17. The van der Waals surface area contributed by atoms with Gasteiger partial charge in [-0.1, -0.05) is 32.4 Å². The molecule has 0 spiro atoms. The molecule has 19 heavy (non-hydrogen) atoms. The zero-order valence-electron chi connectivity index (χ0n) is 12.3. The van der Waals surface area contributed by atoms with Crippen LogP contribution < -0.4 is 5.32 Å². The molecule has 1 aromatic rings. The van der Waals surface area contributed by atoms with Gasteiger partial charge in [-0.3, -0.25) is 4.79 Å². The average Bonchev–Trinajstić information content (AvgIpc) is 2.36. The Labute approximate surface area is 120 Å². The molecule has 1 atom stereocenters. The summed E-state index contributed by atoms with van der Waals surface area (Å²) in [7, 11) is 3.45. The maximum absolute atomic E-state index is 12.0. The smallest absolute Gasteiger partial charge is 0.254 e. The maximum Gasteiger partial charge on any atom is 0.254 e. The summed E-state index contributed by atoms with van der Waals surface area (Å²) < 4.78 is 0. The summed E-state index contributed by atoms with van der Waals surface area (Å²) in [5.41, 5.74) is 1.48. The first-order valence-electron chi connectivity index (χ1n) is 6.64. The summed E-state index contributed by atoms with van der Waals surface area (Å²) in [6.45, 7) is 6.52. The van der Waals surface area contributed by atoms with Gasteiger partial charge in [0.2, 0.25) is 0 Å². The molecule has 1 rings (SSSR count). The third kappa shape index (κ3) is 4.13. The fraction of sp³-hybridized carbons (Fsp3) is 0.533. The van der Waals surface area contributed by atoms with E-state index in [9.17, 15) is 4.79 Å². The number of hydrogen-bond donors (Lipinski definition) is 1. The molecule has 0 aliphatic heterocycles. The number of halogens is 1. The van der Waals surface area contributed by atoms with E-state index in [0.29, 0.717) is 22.5 Å². The average molecular weight is 283 g/mol. The third-order valence-corrected chi connectivity index (χ3v) is 3.53. The van der Waals surface area contributed by atoms with Gasteiger partial charge in [0.1, 0.15) is 0 Å². The SMILES string of the molecule is CCC(Nc1ccc(Cl)c(C(=O)N(C)C)c1)C(C)C. The predicted molar refractivity (Wildman–Crippen MR) is 82.0 cm³/mol. The highest BCUT2D eigenvalue weighted by Crippen LogP contribution is 2.23. The lowest BCUT2D eigenvalue weighted by Crippen LogP contribution is -2.25. The molecule has 0 bridgehead atoms. The zero-order valence-corrected chi connectivity index (χ0v) is 13.1. The van der Waals surface area contributed by atoms with Crippen LogP contribution in [0.3, 0.4) is 0 Å². The molecule has 0 heterocycles. The van der Waals surface area contributed by atoms with Gasteiger partial charge < -0.3 is 10.2 Å². The molecule has 3 nitrogen and oxygen atoms in total. The quantitative estimate of drug-likeness (QED) is 0.889. The molecule has 0 saturated heterocycles. The van der Waals surface area contributed by atoms with E-state index in [-0.39, 0.29) is 5.91 Å². The van der Waals surface area contributed by atoms with Crippen LogP contribution >= 0.6 is 11.6 Å². The van der Waals surface area contributed by atoms with Crippen molar-refractivity contribution >= 4 is 23.2 Å². The van der Waals surface area contributed by atoms with Crippen LogP contribution in [0.2, 0.25) is 5.02 Å². The lowest BCUT2D eigenvalue weighted by molar-refractivity contribution is 0.0828. The van der Waals surface area contributed by atoms with Crippen LogP contribution in [0.4, 0.5) is 5.69 Å². The van der Waals surface area contributed by atoms with Crippen molar-refractivity contribution in [2.24, 2.45) is 5.92 Å². The second-order valence-electron chi connectivity index (χ2n) is 5.30. The molecule has 0 aromatic heterocycles. The Morgan fingerprint density at radius 3 is 2.47 bits per heavy atom. The van der Waals surface area contributed by atoms with Crippen LogP contribution in [0.15, 0.2) is 18.2 Å². The van der Waals surface area contributed by atoms with E-state index >= 15 is 0 Å². The van der Waals surface area contributed by atoms with Crippen molar-refractivity contribution in [1.29, 1.82) is 0 Å². The zero-order chi connectivity index (χ0) is 14.6. The second-order valence-corrected chi connectivity index (χ2v) is 5.70. The minimum atomic E-state index is -0.0776. The standard InChI is InChI=1S/C15H23ClN2O/c1-6-14(10(2)3)17-11-7-8-13(16)12(9-11)15(19)18(4)5/h7-10,14,17H,6H2,1-5H3. The summed E-state index contributed by atoms with van der Waals surface area (Å²) in [5, 5.41) is 3.95. The second kappa shape index (κ2) is 6.80. The lowest BCUT2D eigenvalue weighted by Gasteiger charge is -2.22. The maximum atomic E-state index is 12.0. The first-order chi connectivity index (χ1) is 8.86. The number of benzene rings is 1. The normalized spacial score (nSPS) is 12.4. The molecule has 0 saturated carbocycles. The molecule has 4 heteroatoms. The third-order valence-electron chi connectivity index (χ3n) is 3.20. The highest BCUT2D eigenvalue weighted by molar-refractivity contribution is 6.34. The van der Waals surface area contributed by atoms with Gasteiger partial charge in [0.05, 0.1) is 10.6 Å². The van der Waals surface area contributed by atoms with E-state index in [1.54, 1.807) is 20.2 Å². The molecular formula is C15H23ClN2O. The summed E-state index contributed by atoms with van der Waals surface area (Å²) in [6, 6.07) is 5.91. The molecule has 0 aliphatic rings. The summed E-state index contributed by atoms with van der Waals surface area (Å²) in [5.74, 6) is 0.458. The summed E-state index contributed by atoms with van der Waals surface area (Å²) in [6.07, 6.45) is 1.04. The van der Waals surface area contributed by atoms with E-state index in [1.165, 1.54) is 4.90 Å². The summed E-state index contributed by atoms with van der Waals surface area (Å²) in [4.78, 5) is 13.6. The predicted octanol–water partition coefficient (Wildman–Crippen LogP) is 3.89. The van der Waals surface area contributed by atoms with Crippen LogP contribution in [0.1, 0.15) is 37.6 Å². The molecular weight excluding hydrogens is 260 g/mol. The van der Waals surface area contributed by atoms with E-state index in [0.717, 1.165) is 12.1 Å². The Kier molecular flexibility index (Phi) is 5.67. The Bertz CT molecular complexity index is 444. The van der Waals surface area contributed by atoms with E-state index in [2.05, 4.69) is 26.1 Å². The summed E-state index contributed by atoms with van der Waals surface area (Å²) >= 11 is 6.09. The van der Waals surface area contributed by atoms with Crippen molar-refractivity contribution in [2.45, 2.75) is 33.2 Å². The first-order valence-corrected chi connectivity index (χ1v) is 7.02. The number of nitrogens with zero attached hydrogens (tertiary/aromatic N) is 1. The Morgan fingerprint density at radius 1 is 1.37 bits per heavy atom. The van der Waals surface area contributed by atoms with Gasteiger partial charge in [0.15, 0.2) is 0 Å². The topological polar surface area (TPSA) is 32.3 Å². The van der Waals surface area contributed by atoms with E-state index in [4.69, 9.17) is 11.6 Å². The number of carbonyl (C=O) groups is 1. The van der Waals surface area contributed by atoms with Crippen molar-refractivity contribution < 1.29 is 4.79 Å². The van der Waals surface area contributed by atoms with Crippen LogP contribution in [0, 0.1) is 5.92 Å². The highest BCUT2D eigenvalue weighted by atomic mass is 35.5. The minimum Gasteiger partial charge on any atom is -0.382 e.